The van der Waals surface area contributed by atoms with Gasteiger partial charge in [0.2, 0.25) is 0 Å². The summed E-state index contributed by atoms with van der Waals surface area (Å²) in [5.74, 6) is 0.814. The van der Waals surface area contributed by atoms with E-state index in [1.54, 1.807) is 52.9 Å². The van der Waals surface area contributed by atoms with Crippen molar-refractivity contribution < 1.29 is 19.1 Å². The van der Waals surface area contributed by atoms with E-state index in [2.05, 4.69) is 35.2 Å². The molecule has 0 fully saturated rings. The minimum Gasteiger partial charge on any atom is -0.443 e. The lowest BCUT2D eigenvalue weighted by atomic mass is 9.68. The first-order chi connectivity index (χ1) is 20.8. The van der Waals surface area contributed by atoms with Gasteiger partial charge < -0.3 is 9.47 Å². The fourth-order valence-electron chi connectivity index (χ4n) is 5.79. The topological polar surface area (TPSA) is 72.6 Å². The summed E-state index contributed by atoms with van der Waals surface area (Å²) >= 11 is 3.13. The number of rotatable bonds is 3. The summed E-state index contributed by atoms with van der Waals surface area (Å²) in [6.45, 7) is 18.1. The summed E-state index contributed by atoms with van der Waals surface area (Å²) < 4.78 is 11.4. The molecule has 1 aromatic heterocycles. The van der Waals surface area contributed by atoms with Crippen molar-refractivity contribution in [1.82, 2.24) is 4.90 Å². The first-order valence-corrected chi connectivity index (χ1v) is 16.7. The van der Waals surface area contributed by atoms with Crippen LogP contribution >= 0.6 is 23.1 Å². The normalized spacial score (nSPS) is 19.8. The summed E-state index contributed by atoms with van der Waals surface area (Å²) in [5, 5.41) is 0.299. The molecule has 230 valence electrons. The molecule has 1 spiro atoms. The van der Waals surface area contributed by atoms with Gasteiger partial charge in [-0.2, -0.15) is 4.90 Å². The Morgan fingerprint density at radius 3 is 2.32 bits per heavy atom. The number of fused-ring (bicyclic) bond motifs is 2. The van der Waals surface area contributed by atoms with Crippen molar-refractivity contribution in [3.63, 3.8) is 0 Å². The highest BCUT2D eigenvalue weighted by Crippen LogP contribution is 2.53. The molecule has 0 bridgehead atoms. The standard InChI is InChI=1S/C35H39N3O4S2/c1-33(2,3)41-31(39)38(32(40)42-34(4,5)6)30-37-35(18-19-43-30)25(20-23-12-9-8-10-13-23)16-17-28-27(35)22-29(44-28)24-14-11-15-26(21-24)36-7/h8-15,21-22,25H,16-20H2,1-6H3. The van der Waals surface area contributed by atoms with Crippen LogP contribution in [0.15, 0.2) is 65.7 Å². The maximum Gasteiger partial charge on any atom is 0.426 e. The second kappa shape index (κ2) is 12.4. The van der Waals surface area contributed by atoms with Crippen LogP contribution in [-0.2, 0) is 27.9 Å². The van der Waals surface area contributed by atoms with E-state index in [-0.39, 0.29) is 5.92 Å². The molecule has 0 saturated heterocycles. The number of thioether (sulfide) groups is 1. The monoisotopic (exact) mass is 629 g/mol. The van der Waals surface area contributed by atoms with E-state index in [0.717, 1.165) is 46.6 Å². The molecule has 0 radical (unpaired) electrons. The molecule has 2 heterocycles. The van der Waals surface area contributed by atoms with Gasteiger partial charge in [0.1, 0.15) is 11.2 Å². The summed E-state index contributed by atoms with van der Waals surface area (Å²) in [7, 11) is 0. The van der Waals surface area contributed by atoms with Crippen LogP contribution in [0.2, 0.25) is 0 Å². The molecule has 0 N–H and O–H groups in total. The van der Waals surface area contributed by atoms with E-state index >= 15 is 0 Å². The summed E-state index contributed by atoms with van der Waals surface area (Å²) in [6, 6.07) is 20.4. The Morgan fingerprint density at radius 1 is 1.00 bits per heavy atom. The lowest BCUT2D eigenvalue weighted by molar-refractivity contribution is 0.0150. The average Bonchev–Trinajstić information content (AvgIpc) is 3.40. The van der Waals surface area contributed by atoms with Gasteiger partial charge in [-0.05, 0) is 102 Å². The number of amidine groups is 1. The second-order valence-corrected chi connectivity index (χ2v) is 15.4. The van der Waals surface area contributed by atoms with E-state index in [1.165, 1.54) is 22.2 Å². The van der Waals surface area contributed by atoms with Crippen LogP contribution in [-0.4, -0.2) is 39.2 Å². The quantitative estimate of drug-likeness (QED) is 0.270. The third kappa shape index (κ3) is 7.03. The van der Waals surface area contributed by atoms with Gasteiger partial charge in [-0.3, -0.25) is 0 Å². The number of nitrogens with zero attached hydrogens (tertiary/aromatic N) is 3. The molecule has 5 rings (SSSR count). The highest BCUT2D eigenvalue weighted by molar-refractivity contribution is 8.13. The predicted molar refractivity (Wildman–Crippen MR) is 178 cm³/mol. The van der Waals surface area contributed by atoms with Crippen molar-refractivity contribution in [3.05, 3.63) is 88.1 Å². The van der Waals surface area contributed by atoms with E-state index in [4.69, 9.17) is 21.0 Å². The number of amides is 2. The number of imide groups is 1. The zero-order chi connectivity index (χ0) is 31.7. The van der Waals surface area contributed by atoms with Gasteiger partial charge in [0.05, 0.1) is 12.1 Å². The van der Waals surface area contributed by atoms with Gasteiger partial charge in [-0.1, -0.05) is 60.3 Å². The van der Waals surface area contributed by atoms with Gasteiger partial charge in [-0.25, -0.2) is 19.4 Å². The number of thiophene rings is 1. The van der Waals surface area contributed by atoms with E-state index in [9.17, 15) is 9.59 Å². The van der Waals surface area contributed by atoms with Crippen LogP contribution in [0.3, 0.4) is 0 Å². The Morgan fingerprint density at radius 2 is 1.68 bits per heavy atom. The number of hydrogen-bond donors (Lipinski definition) is 0. The molecule has 9 heteroatoms. The predicted octanol–water partition coefficient (Wildman–Crippen LogP) is 9.63. The van der Waals surface area contributed by atoms with Crippen LogP contribution in [0.1, 0.15) is 70.4 Å². The Hall–Kier alpha value is -3.61. The van der Waals surface area contributed by atoms with Crippen LogP contribution in [0.25, 0.3) is 15.3 Å². The zero-order valence-electron chi connectivity index (χ0n) is 26.2. The summed E-state index contributed by atoms with van der Waals surface area (Å²) in [6.07, 6.45) is 1.82. The SMILES string of the molecule is [C-]#[N+]c1cccc(-c2cc3c(s2)CCC(Cc2ccccc2)C32CCSC(N(C(=O)OC(C)(C)C)C(=O)OC(C)(C)C)=N2)c1. The van der Waals surface area contributed by atoms with Crippen LogP contribution < -0.4 is 0 Å². The molecule has 2 atom stereocenters. The Bertz CT molecular complexity index is 1580. The maximum atomic E-state index is 13.6. The number of carbonyl (C=O) groups is 2. The first kappa shape index (κ1) is 31.8. The smallest absolute Gasteiger partial charge is 0.426 e. The lowest BCUT2D eigenvalue weighted by Gasteiger charge is -2.44. The second-order valence-electron chi connectivity index (χ2n) is 13.2. The van der Waals surface area contributed by atoms with Crippen molar-refractivity contribution >= 4 is 46.1 Å². The molecule has 1 aliphatic heterocycles. The largest absolute Gasteiger partial charge is 0.443 e. The van der Waals surface area contributed by atoms with E-state index in [1.807, 2.05) is 30.3 Å². The van der Waals surface area contributed by atoms with Crippen molar-refractivity contribution in [1.29, 1.82) is 0 Å². The molecule has 3 aromatic rings. The fourth-order valence-corrected chi connectivity index (χ4v) is 8.15. The van der Waals surface area contributed by atoms with Crippen molar-refractivity contribution in [2.75, 3.05) is 5.75 Å². The molecule has 0 saturated carbocycles. The fraction of sp³-hybridized carbons (Fsp3) is 0.429. The molecular formula is C35H39N3O4S2. The first-order valence-electron chi connectivity index (χ1n) is 14.9. The number of aryl methyl sites for hydroxylation is 1. The number of hydrogen-bond acceptors (Lipinski definition) is 7. The number of ether oxygens (including phenoxy) is 2. The van der Waals surface area contributed by atoms with Crippen molar-refractivity contribution in [2.45, 2.75) is 84.0 Å². The van der Waals surface area contributed by atoms with Crippen molar-refractivity contribution in [3.8, 4) is 10.4 Å². The summed E-state index contributed by atoms with van der Waals surface area (Å²) in [4.78, 5) is 39.6. The van der Waals surface area contributed by atoms with Gasteiger partial charge >= 0.3 is 12.2 Å². The van der Waals surface area contributed by atoms with Crippen LogP contribution in [0.5, 0.6) is 0 Å². The lowest BCUT2D eigenvalue weighted by Crippen LogP contribution is -2.49. The van der Waals surface area contributed by atoms with Gasteiger partial charge in [-0.15, -0.1) is 11.3 Å². The number of benzene rings is 2. The van der Waals surface area contributed by atoms with Crippen LogP contribution in [0.4, 0.5) is 15.3 Å². The molecule has 2 unspecified atom stereocenters. The zero-order valence-corrected chi connectivity index (χ0v) is 27.8. The number of carbonyl (C=O) groups excluding carboxylic acids is 2. The summed E-state index contributed by atoms with van der Waals surface area (Å²) in [5.41, 5.74) is 1.70. The Balaban J connectivity index is 1.65. The maximum absolute atomic E-state index is 13.6. The Labute approximate surface area is 268 Å². The Kier molecular flexibility index (Phi) is 8.97. The van der Waals surface area contributed by atoms with Gasteiger partial charge in [0.15, 0.2) is 10.9 Å². The molecule has 7 nitrogen and oxygen atoms in total. The molecule has 44 heavy (non-hydrogen) atoms. The average molecular weight is 630 g/mol. The van der Waals surface area contributed by atoms with Gasteiger partial charge in [0.25, 0.3) is 0 Å². The van der Waals surface area contributed by atoms with Crippen molar-refractivity contribution in [2.24, 2.45) is 10.9 Å². The van der Waals surface area contributed by atoms with E-state index < -0.39 is 28.9 Å². The third-order valence-electron chi connectivity index (χ3n) is 7.61. The molecule has 2 amide bonds. The highest BCUT2D eigenvalue weighted by atomic mass is 32.2. The number of aliphatic imine (C=N–C) groups is 1. The molecule has 2 aliphatic rings. The minimum absolute atomic E-state index is 0.143. The van der Waals surface area contributed by atoms with Gasteiger partial charge in [0, 0.05) is 15.5 Å². The van der Waals surface area contributed by atoms with Crippen LogP contribution in [0, 0.1) is 12.5 Å². The van der Waals surface area contributed by atoms with E-state index in [0.29, 0.717) is 16.6 Å². The molecular weight excluding hydrogens is 591 g/mol. The minimum atomic E-state index is -0.815. The molecule has 1 aliphatic carbocycles. The molecule has 2 aromatic carbocycles. The third-order valence-corrected chi connectivity index (χ3v) is 9.79. The highest BCUT2D eigenvalue weighted by Gasteiger charge is 2.49.